The van der Waals surface area contributed by atoms with Crippen molar-refractivity contribution in [2.45, 2.75) is 26.9 Å². The summed E-state index contributed by atoms with van der Waals surface area (Å²) in [6.07, 6.45) is 0. The third-order valence-electron chi connectivity index (χ3n) is 3.43. The van der Waals surface area contributed by atoms with E-state index in [0.717, 1.165) is 56.6 Å². The second kappa shape index (κ2) is 7.03. The summed E-state index contributed by atoms with van der Waals surface area (Å²) in [7, 11) is 1.92. The quantitative estimate of drug-likeness (QED) is 0.837. The molecular formula is C14H26N4O. The van der Waals surface area contributed by atoms with E-state index < -0.39 is 0 Å². The lowest BCUT2D eigenvalue weighted by molar-refractivity contribution is 0.110. The van der Waals surface area contributed by atoms with Crippen LogP contribution < -0.4 is 5.32 Å². The molecule has 1 aliphatic rings. The molecule has 0 radical (unpaired) electrons. The van der Waals surface area contributed by atoms with Gasteiger partial charge in [0.2, 0.25) is 0 Å². The third kappa shape index (κ3) is 4.60. The zero-order valence-corrected chi connectivity index (χ0v) is 12.4. The first-order valence-corrected chi connectivity index (χ1v) is 7.21. The number of hydrogen-bond acceptors (Lipinski definition) is 5. The summed E-state index contributed by atoms with van der Waals surface area (Å²) in [6, 6.07) is 2.05. The smallest absolute Gasteiger partial charge is 0.151 e. The molecule has 0 atom stereocenters. The van der Waals surface area contributed by atoms with Crippen molar-refractivity contribution < 1.29 is 4.52 Å². The molecule has 2 rings (SSSR count). The zero-order valence-electron chi connectivity index (χ0n) is 12.4. The molecule has 0 saturated carbocycles. The van der Waals surface area contributed by atoms with E-state index in [4.69, 9.17) is 4.52 Å². The Morgan fingerprint density at radius 1 is 1.26 bits per heavy atom. The summed E-state index contributed by atoms with van der Waals surface area (Å²) in [5, 5.41) is 7.13. The predicted octanol–water partition coefficient (Wildman–Crippen LogP) is 1.17. The molecule has 1 fully saturated rings. The van der Waals surface area contributed by atoms with Crippen LogP contribution >= 0.6 is 0 Å². The Balaban J connectivity index is 1.75. The Hall–Kier alpha value is -0.910. The largest absolute Gasteiger partial charge is 0.360 e. The highest BCUT2D eigenvalue weighted by molar-refractivity contribution is 5.05. The molecule has 1 saturated heterocycles. The van der Waals surface area contributed by atoms with E-state index in [1.165, 1.54) is 6.54 Å². The standard InChI is InChI=1S/C14H26N4O/c1-12(2)10-17-4-6-18(7-5-17)11-14-8-13(9-15-3)16-19-14/h8,12,15H,4-7,9-11H2,1-3H3. The highest BCUT2D eigenvalue weighted by Crippen LogP contribution is 2.11. The van der Waals surface area contributed by atoms with Gasteiger partial charge in [-0.05, 0) is 13.0 Å². The van der Waals surface area contributed by atoms with E-state index in [-0.39, 0.29) is 0 Å². The van der Waals surface area contributed by atoms with Gasteiger partial charge in [0.05, 0.1) is 12.2 Å². The first kappa shape index (κ1) is 14.5. The van der Waals surface area contributed by atoms with Crippen LogP contribution in [-0.2, 0) is 13.1 Å². The molecule has 0 aliphatic carbocycles. The number of hydrogen-bond donors (Lipinski definition) is 1. The minimum absolute atomic E-state index is 0.755. The third-order valence-corrected chi connectivity index (χ3v) is 3.43. The van der Waals surface area contributed by atoms with Crippen LogP contribution in [0.25, 0.3) is 0 Å². The molecule has 0 amide bonds. The predicted molar refractivity (Wildman–Crippen MR) is 75.8 cm³/mol. The van der Waals surface area contributed by atoms with Crippen LogP contribution in [0.15, 0.2) is 10.6 Å². The van der Waals surface area contributed by atoms with Gasteiger partial charge in [-0.25, -0.2) is 0 Å². The van der Waals surface area contributed by atoms with Crippen molar-refractivity contribution in [1.29, 1.82) is 0 Å². The average molecular weight is 266 g/mol. The molecule has 108 valence electrons. The van der Waals surface area contributed by atoms with Gasteiger partial charge in [0, 0.05) is 45.3 Å². The van der Waals surface area contributed by atoms with Gasteiger partial charge in [0.1, 0.15) is 0 Å². The van der Waals surface area contributed by atoms with Crippen LogP contribution in [0.1, 0.15) is 25.3 Å². The maximum atomic E-state index is 5.37. The normalized spacial score (nSPS) is 18.3. The molecule has 0 spiro atoms. The van der Waals surface area contributed by atoms with Crippen molar-refractivity contribution in [2.24, 2.45) is 5.92 Å². The van der Waals surface area contributed by atoms with Crippen LogP contribution in [0, 0.1) is 5.92 Å². The van der Waals surface area contributed by atoms with Crippen LogP contribution in [-0.4, -0.2) is 54.7 Å². The van der Waals surface area contributed by atoms with Crippen molar-refractivity contribution in [2.75, 3.05) is 39.8 Å². The van der Waals surface area contributed by atoms with Gasteiger partial charge in [-0.2, -0.15) is 0 Å². The van der Waals surface area contributed by atoms with E-state index >= 15 is 0 Å². The number of piperazine rings is 1. The van der Waals surface area contributed by atoms with Crippen molar-refractivity contribution in [3.05, 3.63) is 17.5 Å². The molecule has 2 heterocycles. The van der Waals surface area contributed by atoms with Crippen molar-refractivity contribution in [3.8, 4) is 0 Å². The molecule has 1 aromatic heterocycles. The molecule has 19 heavy (non-hydrogen) atoms. The zero-order chi connectivity index (χ0) is 13.7. The van der Waals surface area contributed by atoms with Gasteiger partial charge < -0.3 is 14.7 Å². The van der Waals surface area contributed by atoms with Crippen molar-refractivity contribution >= 4 is 0 Å². The molecule has 0 aromatic carbocycles. The topological polar surface area (TPSA) is 44.5 Å². The first-order valence-electron chi connectivity index (χ1n) is 7.21. The van der Waals surface area contributed by atoms with E-state index in [0.29, 0.717) is 0 Å². The minimum Gasteiger partial charge on any atom is -0.360 e. The number of rotatable bonds is 6. The van der Waals surface area contributed by atoms with Gasteiger partial charge in [0.15, 0.2) is 5.76 Å². The van der Waals surface area contributed by atoms with Crippen LogP contribution in [0.2, 0.25) is 0 Å². The fraction of sp³-hybridized carbons (Fsp3) is 0.786. The Morgan fingerprint density at radius 3 is 2.58 bits per heavy atom. The fourth-order valence-electron chi connectivity index (χ4n) is 2.56. The summed E-state index contributed by atoms with van der Waals surface area (Å²) in [5.74, 6) is 1.73. The lowest BCUT2D eigenvalue weighted by Gasteiger charge is -2.34. The average Bonchev–Trinajstić information content (AvgIpc) is 2.79. The van der Waals surface area contributed by atoms with E-state index in [1.807, 2.05) is 7.05 Å². The molecule has 1 aromatic rings. The van der Waals surface area contributed by atoms with Crippen LogP contribution in [0.4, 0.5) is 0 Å². The molecule has 1 N–H and O–H groups in total. The van der Waals surface area contributed by atoms with Gasteiger partial charge in [0.25, 0.3) is 0 Å². The Labute approximate surface area is 115 Å². The van der Waals surface area contributed by atoms with E-state index in [2.05, 4.69) is 40.2 Å². The summed E-state index contributed by atoms with van der Waals surface area (Å²) >= 11 is 0. The summed E-state index contributed by atoms with van der Waals surface area (Å²) < 4.78 is 5.37. The van der Waals surface area contributed by atoms with Crippen molar-refractivity contribution in [1.82, 2.24) is 20.3 Å². The van der Waals surface area contributed by atoms with Gasteiger partial charge in [-0.1, -0.05) is 19.0 Å². The Kier molecular flexibility index (Phi) is 5.36. The molecular weight excluding hydrogens is 240 g/mol. The Morgan fingerprint density at radius 2 is 1.95 bits per heavy atom. The first-order chi connectivity index (χ1) is 9.17. The van der Waals surface area contributed by atoms with E-state index in [1.54, 1.807) is 0 Å². The Bertz CT molecular complexity index is 369. The molecule has 5 nitrogen and oxygen atoms in total. The molecule has 1 aliphatic heterocycles. The van der Waals surface area contributed by atoms with Crippen molar-refractivity contribution in [3.63, 3.8) is 0 Å². The van der Waals surface area contributed by atoms with Crippen LogP contribution in [0.3, 0.4) is 0 Å². The van der Waals surface area contributed by atoms with Gasteiger partial charge >= 0.3 is 0 Å². The molecule has 5 heteroatoms. The maximum absolute atomic E-state index is 5.37. The second-order valence-corrected chi connectivity index (χ2v) is 5.79. The SMILES string of the molecule is CNCc1cc(CN2CCN(CC(C)C)CC2)on1. The van der Waals surface area contributed by atoms with Crippen LogP contribution in [0.5, 0.6) is 0 Å². The van der Waals surface area contributed by atoms with Gasteiger partial charge in [-0.15, -0.1) is 0 Å². The monoisotopic (exact) mass is 266 g/mol. The lowest BCUT2D eigenvalue weighted by Crippen LogP contribution is -2.46. The minimum atomic E-state index is 0.755. The molecule has 0 unspecified atom stereocenters. The maximum Gasteiger partial charge on any atom is 0.151 e. The summed E-state index contributed by atoms with van der Waals surface area (Å²) in [5.41, 5.74) is 0.982. The summed E-state index contributed by atoms with van der Waals surface area (Å²) in [6.45, 7) is 12.0. The van der Waals surface area contributed by atoms with Gasteiger partial charge in [-0.3, -0.25) is 4.90 Å². The van der Waals surface area contributed by atoms with E-state index in [9.17, 15) is 0 Å². The highest BCUT2D eigenvalue weighted by atomic mass is 16.5. The summed E-state index contributed by atoms with van der Waals surface area (Å²) in [4.78, 5) is 4.99. The number of aromatic nitrogens is 1. The number of nitrogens with one attached hydrogen (secondary N) is 1. The fourth-order valence-corrected chi connectivity index (χ4v) is 2.56. The highest BCUT2D eigenvalue weighted by Gasteiger charge is 2.18. The number of nitrogens with zero attached hydrogens (tertiary/aromatic N) is 3. The second-order valence-electron chi connectivity index (χ2n) is 5.79. The lowest BCUT2D eigenvalue weighted by atomic mass is 10.2. The molecule has 0 bridgehead atoms.